The van der Waals surface area contributed by atoms with Crippen molar-refractivity contribution >= 4 is 28.6 Å². The van der Waals surface area contributed by atoms with Gasteiger partial charge in [0.05, 0.1) is 11.9 Å². The van der Waals surface area contributed by atoms with Gasteiger partial charge in [0.25, 0.3) is 5.24 Å². The van der Waals surface area contributed by atoms with Crippen LogP contribution in [0.5, 0.6) is 5.75 Å². The van der Waals surface area contributed by atoms with Gasteiger partial charge in [-0.1, -0.05) is 42.1 Å². The van der Waals surface area contributed by atoms with E-state index in [1.54, 1.807) is 0 Å². The van der Waals surface area contributed by atoms with Crippen molar-refractivity contribution in [3.05, 3.63) is 59.7 Å². The van der Waals surface area contributed by atoms with Crippen molar-refractivity contribution in [3.63, 3.8) is 0 Å². The van der Waals surface area contributed by atoms with E-state index in [1.807, 2.05) is 24.3 Å². The van der Waals surface area contributed by atoms with Crippen LogP contribution in [0.2, 0.25) is 0 Å². The number of fused-ring (bicyclic) bond motifs is 1. The third kappa shape index (κ3) is 4.17. The number of ether oxygens (including phenoxy) is 1. The minimum atomic E-state index is -0.330. The first-order valence-corrected chi connectivity index (χ1v) is 10.5. The van der Waals surface area contributed by atoms with E-state index in [0.717, 1.165) is 42.3 Å². The highest BCUT2D eigenvalue weighted by Crippen LogP contribution is 2.30. The van der Waals surface area contributed by atoms with Crippen molar-refractivity contribution in [3.8, 4) is 5.75 Å². The van der Waals surface area contributed by atoms with E-state index in [0.29, 0.717) is 19.1 Å². The number of hydrogen-bond donors (Lipinski definition) is 1. The van der Waals surface area contributed by atoms with Crippen molar-refractivity contribution in [1.82, 2.24) is 5.32 Å². The second-order valence-electron chi connectivity index (χ2n) is 7.30. The van der Waals surface area contributed by atoms with Crippen LogP contribution in [0.1, 0.15) is 24.0 Å². The van der Waals surface area contributed by atoms with Gasteiger partial charge in [-0.15, -0.1) is 0 Å². The highest BCUT2D eigenvalue weighted by molar-refractivity contribution is 8.15. The summed E-state index contributed by atoms with van der Waals surface area (Å²) in [6, 6.07) is 16.9. The Hall–Kier alpha value is -2.47. The zero-order chi connectivity index (χ0) is 19.5. The van der Waals surface area contributed by atoms with Crippen LogP contribution in [0.15, 0.2) is 48.5 Å². The Labute approximate surface area is 169 Å². The van der Waals surface area contributed by atoms with E-state index >= 15 is 0 Å². The molecule has 0 spiro atoms. The highest BCUT2D eigenvalue weighted by Gasteiger charge is 2.31. The maximum absolute atomic E-state index is 11.7. The standard InChI is InChI=1S/C22H24N2O3S/c1-24-17(9-8-16-4-2-3-5-19(16)24)12-13-27-18-10-6-15(7-11-18)14-20-21(25)23-22(26)28-20/h2-7,10-11,17,20H,8-9,12-14H2,1H3,(H,23,25,26). The summed E-state index contributed by atoms with van der Waals surface area (Å²) in [5.41, 5.74) is 3.78. The van der Waals surface area contributed by atoms with Gasteiger partial charge in [-0.3, -0.25) is 14.9 Å². The van der Waals surface area contributed by atoms with E-state index in [2.05, 4.69) is 41.5 Å². The first-order chi connectivity index (χ1) is 13.6. The predicted molar refractivity (Wildman–Crippen MR) is 112 cm³/mol. The number of aryl methyl sites for hydroxylation is 1. The van der Waals surface area contributed by atoms with Gasteiger partial charge in [0.1, 0.15) is 5.75 Å². The number of benzene rings is 2. The lowest BCUT2D eigenvalue weighted by Gasteiger charge is -2.36. The summed E-state index contributed by atoms with van der Waals surface area (Å²) in [6.07, 6.45) is 3.80. The average molecular weight is 397 g/mol. The third-order valence-electron chi connectivity index (χ3n) is 5.50. The fourth-order valence-corrected chi connectivity index (χ4v) is 4.75. The quantitative estimate of drug-likeness (QED) is 0.805. The molecule has 2 aliphatic heterocycles. The van der Waals surface area contributed by atoms with Gasteiger partial charge < -0.3 is 9.64 Å². The maximum Gasteiger partial charge on any atom is 0.286 e. The molecule has 28 heavy (non-hydrogen) atoms. The monoisotopic (exact) mass is 396 g/mol. The molecule has 0 saturated carbocycles. The molecule has 6 heteroatoms. The summed E-state index contributed by atoms with van der Waals surface area (Å²) in [4.78, 5) is 25.3. The average Bonchev–Trinajstić information content (AvgIpc) is 3.02. The molecule has 4 rings (SSSR count). The molecule has 2 aromatic rings. The van der Waals surface area contributed by atoms with Gasteiger partial charge in [0.15, 0.2) is 0 Å². The number of anilines is 1. The summed E-state index contributed by atoms with van der Waals surface area (Å²) in [5, 5.41) is 1.74. The lowest BCUT2D eigenvalue weighted by molar-refractivity contribution is -0.118. The van der Waals surface area contributed by atoms with Crippen LogP contribution in [0.25, 0.3) is 0 Å². The second kappa shape index (κ2) is 8.27. The third-order valence-corrected chi connectivity index (χ3v) is 6.48. The van der Waals surface area contributed by atoms with Gasteiger partial charge in [0, 0.05) is 25.2 Å². The van der Waals surface area contributed by atoms with E-state index in [9.17, 15) is 9.59 Å². The summed E-state index contributed by atoms with van der Waals surface area (Å²) in [6.45, 7) is 0.673. The molecule has 2 unspecified atom stereocenters. The number of para-hydroxylation sites is 1. The largest absolute Gasteiger partial charge is 0.494 e. The molecule has 0 radical (unpaired) electrons. The SMILES string of the molecule is CN1c2ccccc2CCC1CCOc1ccc(CC2SC(=O)NC2=O)cc1. The Morgan fingerprint density at radius 2 is 1.93 bits per heavy atom. The fourth-order valence-electron chi connectivity index (χ4n) is 3.89. The Morgan fingerprint density at radius 1 is 1.14 bits per heavy atom. The molecule has 2 heterocycles. The zero-order valence-corrected chi connectivity index (χ0v) is 16.7. The van der Waals surface area contributed by atoms with Crippen molar-refractivity contribution in [2.45, 2.75) is 37.0 Å². The molecular weight excluding hydrogens is 372 g/mol. The summed E-state index contributed by atoms with van der Waals surface area (Å²) in [7, 11) is 2.17. The summed E-state index contributed by atoms with van der Waals surface area (Å²) < 4.78 is 5.94. The van der Waals surface area contributed by atoms with Gasteiger partial charge in [0.2, 0.25) is 5.91 Å². The maximum atomic E-state index is 11.7. The summed E-state index contributed by atoms with van der Waals surface area (Å²) in [5.74, 6) is 0.635. The smallest absolute Gasteiger partial charge is 0.286 e. The molecule has 0 bridgehead atoms. The fraction of sp³-hybridized carbons (Fsp3) is 0.364. The van der Waals surface area contributed by atoms with Crippen molar-refractivity contribution in [2.24, 2.45) is 0 Å². The topological polar surface area (TPSA) is 58.6 Å². The molecule has 0 aliphatic carbocycles. The Morgan fingerprint density at radius 3 is 2.68 bits per heavy atom. The minimum absolute atomic E-state index is 0.200. The van der Waals surface area contributed by atoms with Gasteiger partial charge in [-0.05, 0) is 48.6 Å². The van der Waals surface area contributed by atoms with E-state index in [4.69, 9.17) is 4.74 Å². The number of thioether (sulfide) groups is 1. The lowest BCUT2D eigenvalue weighted by Crippen LogP contribution is -2.37. The number of carbonyl (C=O) groups is 2. The lowest BCUT2D eigenvalue weighted by atomic mass is 9.95. The Balaban J connectivity index is 1.27. The van der Waals surface area contributed by atoms with E-state index in [-0.39, 0.29) is 16.4 Å². The predicted octanol–water partition coefficient (Wildman–Crippen LogP) is 3.80. The second-order valence-corrected chi connectivity index (χ2v) is 8.48. The van der Waals surface area contributed by atoms with Crippen LogP contribution in [0, 0.1) is 0 Å². The molecule has 5 nitrogen and oxygen atoms in total. The van der Waals surface area contributed by atoms with Crippen LogP contribution in [0.4, 0.5) is 10.5 Å². The first-order valence-electron chi connectivity index (χ1n) is 9.64. The molecule has 2 amide bonds. The van der Waals surface area contributed by atoms with Crippen LogP contribution >= 0.6 is 11.8 Å². The summed E-state index contributed by atoms with van der Waals surface area (Å²) >= 11 is 1.06. The minimum Gasteiger partial charge on any atom is -0.494 e. The number of carbonyl (C=O) groups excluding carboxylic acids is 2. The highest BCUT2D eigenvalue weighted by atomic mass is 32.2. The molecule has 0 aromatic heterocycles. The van der Waals surface area contributed by atoms with E-state index < -0.39 is 0 Å². The molecule has 2 aromatic carbocycles. The van der Waals surface area contributed by atoms with Crippen LogP contribution < -0.4 is 15.0 Å². The van der Waals surface area contributed by atoms with Crippen LogP contribution in [0.3, 0.4) is 0 Å². The number of nitrogens with one attached hydrogen (secondary N) is 1. The van der Waals surface area contributed by atoms with Crippen LogP contribution in [-0.4, -0.2) is 36.1 Å². The molecule has 2 atom stereocenters. The number of rotatable bonds is 6. The molecule has 1 fully saturated rings. The van der Waals surface area contributed by atoms with Crippen LogP contribution in [-0.2, 0) is 17.6 Å². The Bertz CT molecular complexity index is 868. The molecular formula is C22H24N2O3S. The van der Waals surface area contributed by atoms with Gasteiger partial charge in [-0.25, -0.2) is 0 Å². The van der Waals surface area contributed by atoms with Crippen molar-refractivity contribution in [1.29, 1.82) is 0 Å². The number of imide groups is 1. The Kier molecular flexibility index (Phi) is 5.57. The molecule has 2 aliphatic rings. The zero-order valence-electron chi connectivity index (χ0n) is 15.9. The molecule has 146 valence electrons. The number of amides is 2. The molecule has 1 N–H and O–H groups in total. The normalized spacial score (nSPS) is 21.4. The molecule has 1 saturated heterocycles. The van der Waals surface area contributed by atoms with Gasteiger partial charge >= 0.3 is 0 Å². The number of nitrogens with zero attached hydrogens (tertiary/aromatic N) is 1. The number of hydrogen-bond acceptors (Lipinski definition) is 5. The van der Waals surface area contributed by atoms with Crippen molar-refractivity contribution < 1.29 is 14.3 Å². The van der Waals surface area contributed by atoms with Gasteiger partial charge in [-0.2, -0.15) is 0 Å². The first kappa shape index (κ1) is 18.9. The van der Waals surface area contributed by atoms with E-state index in [1.165, 1.54) is 11.3 Å². The van der Waals surface area contributed by atoms with Crippen molar-refractivity contribution in [2.75, 3.05) is 18.6 Å².